The molecule has 1 atom stereocenters. The van der Waals surface area contributed by atoms with Crippen LogP contribution in [0.5, 0.6) is 5.75 Å². The number of hydrogen-bond donors (Lipinski definition) is 1. The molecule has 5 heteroatoms. The molecule has 0 aliphatic carbocycles. The standard InChI is InChI=1S/C14H16NO3P/c15-12-17-19(16,11-13-7-3-1-4-8-13)18-14-9-5-2-6-10-14/h1-10H,11-12,15H2. The number of para-hydroxylation sites is 1. The van der Waals surface area contributed by atoms with Crippen molar-refractivity contribution in [2.45, 2.75) is 6.16 Å². The fraction of sp³-hybridized carbons (Fsp3) is 0.143. The van der Waals surface area contributed by atoms with Crippen LogP contribution in [0.4, 0.5) is 0 Å². The molecule has 2 aromatic rings. The van der Waals surface area contributed by atoms with Crippen molar-refractivity contribution < 1.29 is 13.6 Å². The molecule has 0 saturated carbocycles. The van der Waals surface area contributed by atoms with Crippen LogP contribution >= 0.6 is 7.60 Å². The first-order valence-corrected chi connectivity index (χ1v) is 7.67. The monoisotopic (exact) mass is 277 g/mol. The van der Waals surface area contributed by atoms with Crippen molar-refractivity contribution in [3.8, 4) is 5.75 Å². The Labute approximate surface area is 112 Å². The van der Waals surface area contributed by atoms with Crippen molar-refractivity contribution >= 4 is 7.60 Å². The van der Waals surface area contributed by atoms with Gasteiger partial charge in [0, 0.05) is 0 Å². The highest BCUT2D eigenvalue weighted by Gasteiger charge is 2.26. The lowest BCUT2D eigenvalue weighted by molar-refractivity contribution is 0.271. The molecular weight excluding hydrogens is 261 g/mol. The first-order valence-electron chi connectivity index (χ1n) is 5.94. The molecule has 0 aromatic heterocycles. The number of hydrogen-bond acceptors (Lipinski definition) is 4. The summed E-state index contributed by atoms with van der Waals surface area (Å²) in [6.07, 6.45) is 0.194. The minimum absolute atomic E-state index is 0.142. The lowest BCUT2D eigenvalue weighted by atomic mass is 10.2. The second kappa shape index (κ2) is 6.53. The Morgan fingerprint density at radius 1 is 0.947 bits per heavy atom. The van der Waals surface area contributed by atoms with Gasteiger partial charge in [0.25, 0.3) is 0 Å². The van der Waals surface area contributed by atoms with Gasteiger partial charge in [-0.25, -0.2) is 4.57 Å². The molecule has 0 saturated heterocycles. The van der Waals surface area contributed by atoms with Crippen LogP contribution in [0.3, 0.4) is 0 Å². The molecule has 0 bridgehead atoms. The third-order valence-electron chi connectivity index (χ3n) is 2.48. The zero-order chi connectivity index (χ0) is 13.6. The van der Waals surface area contributed by atoms with E-state index in [0.717, 1.165) is 5.56 Å². The molecule has 0 fully saturated rings. The molecule has 100 valence electrons. The van der Waals surface area contributed by atoms with Crippen LogP contribution < -0.4 is 10.3 Å². The zero-order valence-electron chi connectivity index (χ0n) is 10.4. The van der Waals surface area contributed by atoms with Crippen molar-refractivity contribution in [2.24, 2.45) is 5.73 Å². The fourth-order valence-corrected chi connectivity index (χ4v) is 3.20. The molecule has 19 heavy (non-hydrogen) atoms. The Kier molecular flexibility index (Phi) is 4.74. The molecular formula is C14H16NO3P. The van der Waals surface area contributed by atoms with Gasteiger partial charge in [-0.15, -0.1) is 0 Å². The van der Waals surface area contributed by atoms with Crippen molar-refractivity contribution in [3.63, 3.8) is 0 Å². The maximum Gasteiger partial charge on any atom is 0.384 e. The molecule has 0 aliphatic heterocycles. The van der Waals surface area contributed by atoms with E-state index in [9.17, 15) is 4.57 Å². The molecule has 0 amide bonds. The third kappa shape index (κ3) is 4.21. The molecule has 0 radical (unpaired) electrons. The highest BCUT2D eigenvalue weighted by atomic mass is 31.2. The first-order chi connectivity index (χ1) is 9.22. The van der Waals surface area contributed by atoms with Crippen LogP contribution in [0.1, 0.15) is 5.56 Å². The maximum absolute atomic E-state index is 12.6. The van der Waals surface area contributed by atoms with E-state index in [-0.39, 0.29) is 12.9 Å². The van der Waals surface area contributed by atoms with Crippen LogP contribution in [-0.4, -0.2) is 6.73 Å². The van der Waals surface area contributed by atoms with E-state index in [1.165, 1.54) is 0 Å². The molecule has 2 N–H and O–H groups in total. The van der Waals surface area contributed by atoms with E-state index < -0.39 is 7.60 Å². The number of benzene rings is 2. The van der Waals surface area contributed by atoms with Crippen molar-refractivity contribution in [1.82, 2.24) is 0 Å². The number of nitrogens with two attached hydrogens (primary N) is 1. The highest BCUT2D eigenvalue weighted by molar-refractivity contribution is 7.53. The second-order valence-electron chi connectivity index (χ2n) is 3.95. The van der Waals surface area contributed by atoms with Gasteiger partial charge < -0.3 is 10.3 Å². The summed E-state index contributed by atoms with van der Waals surface area (Å²) in [6.45, 7) is -0.142. The van der Waals surface area contributed by atoms with Crippen LogP contribution in [0.15, 0.2) is 60.7 Å². The van der Waals surface area contributed by atoms with Crippen LogP contribution in [0.2, 0.25) is 0 Å². The summed E-state index contributed by atoms with van der Waals surface area (Å²) in [5.41, 5.74) is 6.23. The first kappa shape index (κ1) is 13.8. The average Bonchev–Trinajstić information content (AvgIpc) is 2.41. The van der Waals surface area contributed by atoms with Crippen LogP contribution in [0, 0.1) is 0 Å². The maximum atomic E-state index is 12.6. The summed E-state index contributed by atoms with van der Waals surface area (Å²) < 4.78 is 23.3. The third-order valence-corrected chi connectivity index (χ3v) is 4.26. The Morgan fingerprint density at radius 3 is 2.11 bits per heavy atom. The summed E-state index contributed by atoms with van der Waals surface area (Å²) in [5.74, 6) is 0.509. The molecule has 4 nitrogen and oxygen atoms in total. The minimum atomic E-state index is -3.29. The summed E-state index contributed by atoms with van der Waals surface area (Å²) in [7, 11) is -3.29. The normalized spacial score (nSPS) is 13.7. The lowest BCUT2D eigenvalue weighted by Crippen LogP contribution is -2.08. The Morgan fingerprint density at radius 2 is 1.53 bits per heavy atom. The number of rotatable bonds is 6. The molecule has 0 spiro atoms. The molecule has 0 aliphatic rings. The highest BCUT2D eigenvalue weighted by Crippen LogP contribution is 2.50. The van der Waals surface area contributed by atoms with E-state index >= 15 is 0 Å². The van der Waals surface area contributed by atoms with Gasteiger partial charge in [0.1, 0.15) is 12.5 Å². The molecule has 1 unspecified atom stereocenters. The van der Waals surface area contributed by atoms with Gasteiger partial charge in [-0.3, -0.25) is 4.52 Å². The largest absolute Gasteiger partial charge is 0.424 e. The summed E-state index contributed by atoms with van der Waals surface area (Å²) in [6, 6.07) is 18.4. The van der Waals surface area contributed by atoms with Crippen LogP contribution in [-0.2, 0) is 15.3 Å². The molecule has 2 aromatic carbocycles. The van der Waals surface area contributed by atoms with Crippen molar-refractivity contribution in [3.05, 3.63) is 66.2 Å². The van der Waals surface area contributed by atoms with E-state index in [4.69, 9.17) is 14.8 Å². The fourth-order valence-electron chi connectivity index (χ4n) is 1.67. The summed E-state index contributed by atoms with van der Waals surface area (Å²) in [5, 5.41) is 0. The van der Waals surface area contributed by atoms with Gasteiger partial charge in [0.05, 0.1) is 6.16 Å². The molecule has 0 heterocycles. The average molecular weight is 277 g/mol. The van der Waals surface area contributed by atoms with E-state index in [1.54, 1.807) is 12.1 Å². The van der Waals surface area contributed by atoms with Crippen molar-refractivity contribution in [2.75, 3.05) is 6.73 Å². The predicted octanol–water partition coefficient (Wildman–Crippen LogP) is 3.39. The zero-order valence-corrected chi connectivity index (χ0v) is 11.3. The van der Waals surface area contributed by atoms with Gasteiger partial charge in [-0.1, -0.05) is 48.5 Å². The van der Waals surface area contributed by atoms with Gasteiger partial charge in [0.15, 0.2) is 0 Å². The SMILES string of the molecule is NCOP(=O)(Cc1ccccc1)Oc1ccccc1. The summed E-state index contributed by atoms with van der Waals surface area (Å²) in [4.78, 5) is 0. The smallest absolute Gasteiger partial charge is 0.384 e. The van der Waals surface area contributed by atoms with Gasteiger partial charge in [0.2, 0.25) is 0 Å². The Hall–Kier alpha value is -1.61. The van der Waals surface area contributed by atoms with Gasteiger partial charge in [-0.05, 0) is 17.7 Å². The van der Waals surface area contributed by atoms with E-state index in [0.29, 0.717) is 5.75 Å². The Balaban J connectivity index is 2.16. The Bertz CT molecular complexity index is 500. The quantitative estimate of drug-likeness (QED) is 0.649. The van der Waals surface area contributed by atoms with Gasteiger partial charge >= 0.3 is 7.60 Å². The topological polar surface area (TPSA) is 61.5 Å². The van der Waals surface area contributed by atoms with Crippen molar-refractivity contribution in [1.29, 1.82) is 0 Å². The predicted molar refractivity (Wildman–Crippen MR) is 75.0 cm³/mol. The van der Waals surface area contributed by atoms with E-state index in [1.807, 2.05) is 48.5 Å². The van der Waals surface area contributed by atoms with E-state index in [2.05, 4.69) is 0 Å². The molecule has 2 rings (SSSR count). The van der Waals surface area contributed by atoms with Gasteiger partial charge in [-0.2, -0.15) is 0 Å². The summed E-state index contributed by atoms with van der Waals surface area (Å²) >= 11 is 0. The minimum Gasteiger partial charge on any atom is -0.424 e. The van der Waals surface area contributed by atoms with Crippen LogP contribution in [0.25, 0.3) is 0 Å². The second-order valence-corrected chi connectivity index (χ2v) is 5.93. The lowest BCUT2D eigenvalue weighted by Gasteiger charge is -2.18.